The predicted octanol–water partition coefficient (Wildman–Crippen LogP) is 3.90. The number of nitrogens with zero attached hydrogens (tertiary/aromatic N) is 8. The van der Waals surface area contributed by atoms with E-state index in [2.05, 4.69) is 57.2 Å². The van der Waals surface area contributed by atoms with Crippen molar-refractivity contribution in [3.8, 4) is 11.8 Å². The van der Waals surface area contributed by atoms with Crippen molar-refractivity contribution in [3.05, 3.63) is 53.5 Å². The lowest BCUT2D eigenvalue weighted by Crippen LogP contribution is -2.18. The number of nitriles is 1. The summed E-state index contributed by atoms with van der Waals surface area (Å²) in [5.74, 6) is 1.70. The van der Waals surface area contributed by atoms with Crippen LogP contribution in [-0.2, 0) is 19.0 Å². The van der Waals surface area contributed by atoms with Gasteiger partial charge in [0, 0.05) is 42.8 Å². The molecule has 0 radical (unpaired) electrons. The first kappa shape index (κ1) is 24.0. The second-order valence-electron chi connectivity index (χ2n) is 8.75. The van der Waals surface area contributed by atoms with Gasteiger partial charge in [0.05, 0.1) is 31.4 Å². The molecule has 0 atom stereocenters. The van der Waals surface area contributed by atoms with Gasteiger partial charge in [0.1, 0.15) is 16.2 Å². The van der Waals surface area contributed by atoms with E-state index in [4.69, 9.17) is 27.3 Å². The lowest BCUT2D eigenvalue weighted by Gasteiger charge is -2.19. The predicted molar refractivity (Wildman–Crippen MR) is 133 cm³/mol. The van der Waals surface area contributed by atoms with Crippen LogP contribution in [0.3, 0.4) is 0 Å². The molecule has 0 unspecified atom stereocenters. The van der Waals surface area contributed by atoms with Crippen LogP contribution in [0.1, 0.15) is 38.6 Å². The number of anilines is 2. The van der Waals surface area contributed by atoms with Crippen molar-refractivity contribution in [2.45, 2.75) is 39.2 Å². The molecule has 0 fully saturated rings. The van der Waals surface area contributed by atoms with Crippen molar-refractivity contribution in [2.75, 3.05) is 5.32 Å². The van der Waals surface area contributed by atoms with Gasteiger partial charge in [-0.1, -0.05) is 32.4 Å². The summed E-state index contributed by atoms with van der Waals surface area (Å²) in [5.41, 5.74) is 8.06. The third-order valence-corrected chi connectivity index (χ3v) is 5.58. The summed E-state index contributed by atoms with van der Waals surface area (Å²) in [4.78, 5) is 17.2. The summed E-state index contributed by atoms with van der Waals surface area (Å²) in [6.45, 7) is 6.80. The van der Waals surface area contributed by atoms with Gasteiger partial charge >= 0.3 is 0 Å². The molecule has 0 saturated heterocycles. The van der Waals surface area contributed by atoms with Gasteiger partial charge in [-0.25, -0.2) is 9.97 Å². The maximum Gasteiger partial charge on any atom is 0.210 e. The molecule has 0 aliphatic heterocycles. The number of rotatable bonds is 7. The summed E-state index contributed by atoms with van der Waals surface area (Å²) in [7, 11) is 1.81. The van der Waals surface area contributed by atoms with E-state index in [-0.39, 0.29) is 5.41 Å². The third-order valence-electron chi connectivity index (χ3n) is 5.22. The van der Waals surface area contributed by atoms with E-state index in [1.54, 1.807) is 10.8 Å². The Bertz CT molecular complexity index is 1430. The highest BCUT2D eigenvalue weighted by Crippen LogP contribution is 2.35. The number of nitrogens with two attached hydrogens (primary N) is 1. The Balaban J connectivity index is 1.66. The van der Waals surface area contributed by atoms with Gasteiger partial charge in [0.15, 0.2) is 23.0 Å². The minimum atomic E-state index is -0.150. The molecule has 0 amide bonds. The summed E-state index contributed by atoms with van der Waals surface area (Å²) in [5, 5.41) is 17.2. The Morgan fingerprint density at radius 2 is 2.09 bits per heavy atom. The fourth-order valence-electron chi connectivity index (χ4n) is 3.53. The van der Waals surface area contributed by atoms with E-state index in [1.807, 2.05) is 17.8 Å². The number of hydrogen-bond acceptors (Lipinski definition) is 9. The molecule has 35 heavy (non-hydrogen) atoms. The van der Waals surface area contributed by atoms with Crippen LogP contribution in [0, 0.1) is 11.3 Å². The molecule has 0 aromatic carbocycles. The molecule has 0 spiro atoms. The maximum atomic E-state index is 9.00. The first-order valence-electron chi connectivity index (χ1n) is 10.8. The second-order valence-corrected chi connectivity index (χ2v) is 9.13. The molecule has 0 bridgehead atoms. The first-order valence-corrected chi connectivity index (χ1v) is 11.2. The number of pyridine rings is 1. The molecule has 180 valence electrons. The number of aromatic nitrogens is 7. The summed E-state index contributed by atoms with van der Waals surface area (Å²) < 4.78 is 9.52. The molecule has 4 rings (SSSR count). The maximum absolute atomic E-state index is 9.00. The molecule has 11 nitrogen and oxygen atoms in total. The molecule has 0 aliphatic rings. The summed E-state index contributed by atoms with van der Waals surface area (Å²) in [6, 6.07) is 4.13. The smallest absolute Gasteiger partial charge is 0.210 e. The summed E-state index contributed by atoms with van der Waals surface area (Å²) >= 11 is 6.69. The Labute approximate surface area is 207 Å². The lowest BCUT2D eigenvalue weighted by atomic mass is 9.92. The van der Waals surface area contributed by atoms with Crippen LogP contribution in [0.2, 0.25) is 5.02 Å². The number of halogens is 1. The van der Waals surface area contributed by atoms with E-state index < -0.39 is 0 Å². The minimum absolute atomic E-state index is 0.150. The number of ether oxygens (including phenoxy) is 1. The molecule has 4 aromatic heterocycles. The molecular weight excluding hydrogens is 468 g/mol. The Kier molecular flexibility index (Phi) is 6.57. The molecule has 0 saturated carbocycles. The van der Waals surface area contributed by atoms with Crippen LogP contribution >= 0.6 is 11.6 Å². The average Bonchev–Trinajstić information content (AvgIpc) is 3.39. The fraction of sp³-hybridized carbons (Fsp3) is 0.304. The van der Waals surface area contributed by atoms with Gasteiger partial charge < -0.3 is 20.4 Å². The van der Waals surface area contributed by atoms with Crippen LogP contribution in [-0.4, -0.2) is 34.3 Å². The molecule has 4 aromatic rings. The Morgan fingerprint density at radius 1 is 1.29 bits per heavy atom. The van der Waals surface area contributed by atoms with Crippen LogP contribution in [0.25, 0.3) is 16.9 Å². The standard InChI is InChI=1S/C23H25ClN10O/c1-23(2,3)17-10-18(32-34(17)9-5-6-25)30-22-31-21-20(33(22)4)19(24)16(13-29-21)35-15(11-26)14-12-27-7-8-28-14/h7-8,10-13H,5,9,26H2,1-4H3,(H,29,30,31,32)/b15-11+. The minimum Gasteiger partial charge on any atom is -0.450 e. The number of aryl methyl sites for hydroxylation is 2. The number of imidazole rings is 1. The highest BCUT2D eigenvalue weighted by Gasteiger charge is 2.23. The topological polar surface area (TPSA) is 145 Å². The quantitative estimate of drug-likeness (QED) is 0.366. The van der Waals surface area contributed by atoms with Gasteiger partial charge in [-0.05, 0) is 0 Å². The number of nitrogens with one attached hydrogen (secondary N) is 1. The normalized spacial score (nSPS) is 12.1. The van der Waals surface area contributed by atoms with Crippen LogP contribution < -0.4 is 15.8 Å². The van der Waals surface area contributed by atoms with E-state index in [9.17, 15) is 0 Å². The van der Waals surface area contributed by atoms with Crippen LogP contribution in [0.15, 0.2) is 37.1 Å². The van der Waals surface area contributed by atoms with E-state index in [1.165, 1.54) is 24.8 Å². The highest BCUT2D eigenvalue weighted by atomic mass is 35.5. The molecule has 4 heterocycles. The lowest BCUT2D eigenvalue weighted by molar-refractivity contribution is 0.489. The van der Waals surface area contributed by atoms with Crippen molar-refractivity contribution >= 4 is 40.3 Å². The van der Waals surface area contributed by atoms with Crippen molar-refractivity contribution in [1.82, 2.24) is 34.3 Å². The van der Waals surface area contributed by atoms with Crippen molar-refractivity contribution in [3.63, 3.8) is 0 Å². The average molecular weight is 493 g/mol. The molecular formula is C23H25ClN10O. The van der Waals surface area contributed by atoms with Gasteiger partial charge in [0.2, 0.25) is 5.95 Å². The van der Waals surface area contributed by atoms with Gasteiger partial charge in [-0.2, -0.15) is 15.3 Å². The largest absolute Gasteiger partial charge is 0.450 e. The van der Waals surface area contributed by atoms with E-state index >= 15 is 0 Å². The molecule has 0 aliphatic carbocycles. The monoisotopic (exact) mass is 492 g/mol. The number of hydrogen-bond donors (Lipinski definition) is 2. The first-order chi connectivity index (χ1) is 16.7. The summed E-state index contributed by atoms with van der Waals surface area (Å²) in [6.07, 6.45) is 7.77. The van der Waals surface area contributed by atoms with E-state index in [0.717, 1.165) is 5.69 Å². The van der Waals surface area contributed by atoms with E-state index in [0.29, 0.717) is 58.1 Å². The number of fused-ring (bicyclic) bond motifs is 1. The zero-order valence-corrected chi connectivity index (χ0v) is 20.6. The van der Waals surface area contributed by atoms with Gasteiger partial charge in [0.25, 0.3) is 0 Å². The van der Waals surface area contributed by atoms with Crippen LogP contribution in [0.4, 0.5) is 11.8 Å². The van der Waals surface area contributed by atoms with Crippen molar-refractivity contribution in [2.24, 2.45) is 12.8 Å². The SMILES string of the molecule is Cn1c(Nc2cc(C(C)(C)C)n(CCC#N)n2)nc2ncc(O/C(=C/N)c3cnccn3)c(Cl)c21. The molecule has 12 heteroatoms. The zero-order chi connectivity index (χ0) is 25.2. The zero-order valence-electron chi connectivity index (χ0n) is 19.8. The van der Waals surface area contributed by atoms with Crippen molar-refractivity contribution < 1.29 is 4.74 Å². The van der Waals surface area contributed by atoms with Crippen molar-refractivity contribution in [1.29, 1.82) is 5.26 Å². The van der Waals surface area contributed by atoms with Gasteiger partial charge in [-0.15, -0.1) is 0 Å². The molecule has 3 N–H and O–H groups in total. The highest BCUT2D eigenvalue weighted by molar-refractivity contribution is 6.36. The second kappa shape index (κ2) is 9.60. The third kappa shape index (κ3) is 4.88. The van der Waals surface area contributed by atoms with Gasteiger partial charge in [-0.3, -0.25) is 9.67 Å². The Morgan fingerprint density at radius 3 is 2.74 bits per heavy atom. The fourth-order valence-corrected chi connectivity index (χ4v) is 3.83. The Hall–Kier alpha value is -4.17. The van der Waals surface area contributed by atoms with Crippen LogP contribution in [0.5, 0.6) is 5.75 Å².